The van der Waals surface area contributed by atoms with Gasteiger partial charge < -0.3 is 10.8 Å². The maximum atomic E-state index is 10.8. The van der Waals surface area contributed by atoms with E-state index in [0.717, 1.165) is 28.3 Å². The van der Waals surface area contributed by atoms with Gasteiger partial charge in [-0.05, 0) is 47.2 Å². The Morgan fingerprint density at radius 1 is 1.30 bits per heavy atom. The van der Waals surface area contributed by atoms with Gasteiger partial charge in [0.2, 0.25) is 0 Å². The van der Waals surface area contributed by atoms with Crippen LogP contribution in [-0.4, -0.2) is 21.2 Å². The van der Waals surface area contributed by atoms with Gasteiger partial charge in [0.15, 0.2) is 0 Å². The normalized spacial score (nSPS) is 10.7. The number of anilines is 2. The number of nitrogens with one attached hydrogen (secondary N) is 1. The molecule has 3 aromatic rings. The minimum absolute atomic E-state index is 0.267. The van der Waals surface area contributed by atoms with Crippen LogP contribution in [0.5, 0.6) is 0 Å². The Bertz CT molecular complexity index is 893. The lowest BCUT2D eigenvalue weighted by Crippen LogP contribution is -2.08. The van der Waals surface area contributed by atoms with Crippen molar-refractivity contribution in [2.75, 3.05) is 11.1 Å². The monoisotopic (exact) mass is 308 g/mol. The van der Waals surface area contributed by atoms with E-state index in [4.69, 9.17) is 10.8 Å². The molecule has 0 atom stereocenters. The second kappa shape index (κ2) is 5.92. The predicted molar refractivity (Wildman–Crippen MR) is 90.4 cm³/mol. The third-order valence-corrected chi connectivity index (χ3v) is 3.71. The molecule has 116 valence electrons. The van der Waals surface area contributed by atoms with E-state index in [2.05, 4.69) is 22.2 Å². The quantitative estimate of drug-likeness (QED) is 0.642. The lowest BCUT2D eigenvalue weighted by atomic mass is 9.97. The molecule has 1 amide bonds. The van der Waals surface area contributed by atoms with Gasteiger partial charge in [-0.1, -0.05) is 6.92 Å². The zero-order valence-corrected chi connectivity index (χ0v) is 12.6. The number of pyridine rings is 2. The third kappa shape index (κ3) is 2.91. The van der Waals surface area contributed by atoms with Crippen molar-refractivity contribution in [3.8, 4) is 11.1 Å². The van der Waals surface area contributed by atoms with Crippen molar-refractivity contribution in [3.63, 3.8) is 0 Å². The molecule has 0 saturated carbocycles. The molecular weight excluding hydrogens is 292 g/mol. The lowest BCUT2D eigenvalue weighted by Gasteiger charge is -2.11. The highest BCUT2D eigenvalue weighted by atomic mass is 16.4. The maximum Gasteiger partial charge on any atom is 0.410 e. The van der Waals surface area contributed by atoms with Gasteiger partial charge in [0.25, 0.3) is 0 Å². The van der Waals surface area contributed by atoms with Crippen LogP contribution < -0.4 is 11.1 Å². The first-order valence-electron chi connectivity index (χ1n) is 7.21. The summed E-state index contributed by atoms with van der Waals surface area (Å²) in [5.74, 6) is 0.267. The number of rotatable bonds is 3. The number of nitrogens with two attached hydrogens (primary N) is 1. The van der Waals surface area contributed by atoms with Crippen molar-refractivity contribution in [2.45, 2.75) is 13.3 Å². The Morgan fingerprint density at radius 2 is 2.13 bits per heavy atom. The second-order valence-corrected chi connectivity index (χ2v) is 5.17. The predicted octanol–water partition coefficient (Wildman–Crippen LogP) is 3.53. The summed E-state index contributed by atoms with van der Waals surface area (Å²) < 4.78 is 0. The molecule has 0 aliphatic rings. The Kier molecular flexibility index (Phi) is 3.80. The number of carboxylic acid groups (broad SMARTS) is 1. The number of nitrogen functional groups attached to an aromatic ring is 1. The first-order chi connectivity index (χ1) is 11.1. The largest absolute Gasteiger partial charge is 0.465 e. The van der Waals surface area contributed by atoms with Crippen molar-refractivity contribution in [1.29, 1.82) is 0 Å². The van der Waals surface area contributed by atoms with E-state index in [9.17, 15) is 4.79 Å². The summed E-state index contributed by atoms with van der Waals surface area (Å²) in [5, 5.41) is 12.7. The number of hydrogen-bond donors (Lipinski definition) is 3. The fourth-order valence-electron chi connectivity index (χ4n) is 2.61. The van der Waals surface area contributed by atoms with Crippen LogP contribution in [0.4, 0.5) is 16.3 Å². The summed E-state index contributed by atoms with van der Waals surface area (Å²) >= 11 is 0. The highest BCUT2D eigenvalue weighted by molar-refractivity contribution is 5.98. The fourth-order valence-corrected chi connectivity index (χ4v) is 2.61. The number of carbonyl (C=O) groups is 1. The van der Waals surface area contributed by atoms with Gasteiger partial charge in [0.05, 0.1) is 0 Å². The van der Waals surface area contributed by atoms with Crippen LogP contribution in [0.3, 0.4) is 0 Å². The standard InChI is InChI=1S/C17H16N4O2/c1-2-10-3-4-19-8-13(10)11-5-12-7-16(21-17(22)23)20-9-14(12)15(18)6-11/h3-9H,2,18H2,1H3,(H,20,21)(H,22,23). The van der Waals surface area contributed by atoms with Crippen molar-refractivity contribution in [2.24, 2.45) is 0 Å². The number of hydrogen-bond acceptors (Lipinski definition) is 4. The molecule has 0 aliphatic heterocycles. The van der Waals surface area contributed by atoms with Gasteiger partial charge in [-0.25, -0.2) is 9.78 Å². The molecule has 0 saturated heterocycles. The van der Waals surface area contributed by atoms with E-state index >= 15 is 0 Å². The minimum Gasteiger partial charge on any atom is -0.465 e. The Labute approximate surface area is 133 Å². The molecule has 2 heterocycles. The van der Waals surface area contributed by atoms with Crippen molar-refractivity contribution < 1.29 is 9.90 Å². The molecule has 23 heavy (non-hydrogen) atoms. The van der Waals surface area contributed by atoms with Crippen molar-refractivity contribution >= 4 is 28.4 Å². The molecule has 6 heteroatoms. The van der Waals surface area contributed by atoms with E-state index in [1.165, 1.54) is 5.56 Å². The summed E-state index contributed by atoms with van der Waals surface area (Å²) in [4.78, 5) is 19.0. The summed E-state index contributed by atoms with van der Waals surface area (Å²) in [6, 6.07) is 7.52. The number of amides is 1. The van der Waals surface area contributed by atoms with Gasteiger partial charge in [0.1, 0.15) is 5.82 Å². The second-order valence-electron chi connectivity index (χ2n) is 5.17. The highest BCUT2D eigenvalue weighted by Crippen LogP contribution is 2.31. The SMILES string of the molecule is CCc1ccncc1-c1cc(N)c2cnc(NC(=O)O)cc2c1. The summed E-state index contributed by atoms with van der Waals surface area (Å²) in [5.41, 5.74) is 9.89. The van der Waals surface area contributed by atoms with E-state index < -0.39 is 6.09 Å². The van der Waals surface area contributed by atoms with Gasteiger partial charge >= 0.3 is 6.09 Å². The van der Waals surface area contributed by atoms with Crippen LogP contribution in [0, 0.1) is 0 Å². The fraction of sp³-hybridized carbons (Fsp3) is 0.118. The molecule has 1 aromatic carbocycles. The van der Waals surface area contributed by atoms with E-state index in [-0.39, 0.29) is 5.82 Å². The molecule has 0 radical (unpaired) electrons. The zero-order chi connectivity index (χ0) is 16.4. The molecule has 2 aromatic heterocycles. The molecule has 0 spiro atoms. The van der Waals surface area contributed by atoms with E-state index in [0.29, 0.717) is 5.69 Å². The number of fused-ring (bicyclic) bond motifs is 1. The van der Waals surface area contributed by atoms with E-state index in [1.807, 2.05) is 24.4 Å². The van der Waals surface area contributed by atoms with E-state index in [1.54, 1.807) is 18.5 Å². The third-order valence-electron chi connectivity index (χ3n) is 3.71. The molecule has 0 fully saturated rings. The number of aryl methyl sites for hydroxylation is 1. The maximum absolute atomic E-state index is 10.8. The summed E-state index contributed by atoms with van der Waals surface area (Å²) in [6.45, 7) is 2.09. The number of benzene rings is 1. The topological polar surface area (TPSA) is 101 Å². The van der Waals surface area contributed by atoms with Crippen LogP contribution in [-0.2, 0) is 6.42 Å². The molecule has 0 aliphatic carbocycles. The Hall–Kier alpha value is -3.15. The average molecular weight is 308 g/mol. The molecule has 4 N–H and O–H groups in total. The van der Waals surface area contributed by atoms with Gasteiger partial charge in [0, 0.05) is 35.2 Å². The van der Waals surface area contributed by atoms with Gasteiger partial charge in [-0.3, -0.25) is 10.3 Å². The van der Waals surface area contributed by atoms with Crippen LogP contribution in [0.25, 0.3) is 21.9 Å². The molecule has 3 rings (SSSR count). The zero-order valence-electron chi connectivity index (χ0n) is 12.6. The Morgan fingerprint density at radius 3 is 2.87 bits per heavy atom. The number of aromatic nitrogens is 2. The lowest BCUT2D eigenvalue weighted by molar-refractivity contribution is 0.209. The van der Waals surface area contributed by atoms with Crippen molar-refractivity contribution in [3.05, 3.63) is 48.4 Å². The van der Waals surface area contributed by atoms with Crippen molar-refractivity contribution in [1.82, 2.24) is 9.97 Å². The van der Waals surface area contributed by atoms with Gasteiger partial charge in [-0.2, -0.15) is 0 Å². The smallest absolute Gasteiger partial charge is 0.410 e. The van der Waals surface area contributed by atoms with Gasteiger partial charge in [-0.15, -0.1) is 0 Å². The van der Waals surface area contributed by atoms with Crippen LogP contribution in [0.1, 0.15) is 12.5 Å². The summed E-state index contributed by atoms with van der Waals surface area (Å²) in [6.07, 6.45) is 4.89. The van der Waals surface area contributed by atoms with Crippen LogP contribution >= 0.6 is 0 Å². The highest BCUT2D eigenvalue weighted by Gasteiger charge is 2.09. The number of nitrogens with zero attached hydrogens (tertiary/aromatic N) is 2. The van der Waals surface area contributed by atoms with Crippen LogP contribution in [0.15, 0.2) is 42.9 Å². The average Bonchev–Trinajstić information content (AvgIpc) is 2.53. The molecule has 0 bridgehead atoms. The first kappa shape index (κ1) is 14.8. The van der Waals surface area contributed by atoms with Crippen LogP contribution in [0.2, 0.25) is 0 Å². The molecule has 6 nitrogen and oxygen atoms in total. The minimum atomic E-state index is -1.15. The Balaban J connectivity index is 2.17. The molecular formula is C17H16N4O2. The summed E-state index contributed by atoms with van der Waals surface area (Å²) in [7, 11) is 0. The molecule has 0 unspecified atom stereocenters. The first-order valence-corrected chi connectivity index (χ1v) is 7.21.